The first-order valence-corrected chi connectivity index (χ1v) is 10.0. The first-order chi connectivity index (χ1) is 13.2. The molecule has 0 saturated carbocycles. The topological polar surface area (TPSA) is 76.4 Å². The number of ether oxygens (including phenoxy) is 1. The smallest absolute Gasteiger partial charge is 0.354 e. The molecule has 6 nitrogen and oxygen atoms in total. The zero-order valence-electron chi connectivity index (χ0n) is 16.2. The summed E-state index contributed by atoms with van der Waals surface area (Å²) in [6, 6.07) is 7.13. The maximum absolute atomic E-state index is 11.8. The Morgan fingerprint density at radius 1 is 1.32 bits per heavy atom. The van der Waals surface area contributed by atoms with Crippen LogP contribution in [0.15, 0.2) is 24.3 Å². The van der Waals surface area contributed by atoms with E-state index in [1.807, 2.05) is 32.9 Å². The SMILES string of the molecule is CC(C)(C)c1cc(C(=O)O)n(CC2CNCCOC2c2ccc(Cl)c(Cl)c2)n1. The predicted octanol–water partition coefficient (Wildman–Crippen LogP) is 4.16. The van der Waals surface area contributed by atoms with Crippen molar-refractivity contribution in [1.29, 1.82) is 0 Å². The molecule has 1 fully saturated rings. The minimum atomic E-state index is -0.989. The number of carboxylic acids is 1. The molecule has 1 aliphatic rings. The standard InChI is InChI=1S/C20H25Cl2N3O3/c1-20(2,3)17-9-16(19(26)27)25(24-17)11-13-10-23-6-7-28-18(13)12-4-5-14(21)15(22)8-12/h4-5,8-9,13,18,23H,6-7,10-11H2,1-3H3,(H,26,27). The molecular formula is C20H25Cl2N3O3. The molecule has 152 valence electrons. The van der Waals surface area contributed by atoms with Crippen molar-refractivity contribution in [2.24, 2.45) is 5.92 Å². The first kappa shape index (κ1) is 21.1. The van der Waals surface area contributed by atoms with Crippen LogP contribution in [0.2, 0.25) is 10.0 Å². The average Bonchev–Trinajstić information content (AvgIpc) is 2.91. The van der Waals surface area contributed by atoms with Crippen LogP contribution in [0.3, 0.4) is 0 Å². The zero-order valence-corrected chi connectivity index (χ0v) is 17.7. The molecule has 0 bridgehead atoms. The van der Waals surface area contributed by atoms with Crippen LogP contribution in [0.4, 0.5) is 0 Å². The molecule has 0 spiro atoms. The normalized spacial score (nSPS) is 20.8. The molecule has 2 heterocycles. The second-order valence-corrected chi connectivity index (χ2v) is 8.90. The quantitative estimate of drug-likeness (QED) is 0.768. The van der Waals surface area contributed by atoms with E-state index < -0.39 is 5.97 Å². The molecule has 1 saturated heterocycles. The maximum atomic E-state index is 11.8. The van der Waals surface area contributed by atoms with Gasteiger partial charge in [0.05, 0.1) is 28.5 Å². The number of carbonyl (C=O) groups is 1. The average molecular weight is 426 g/mol. The van der Waals surface area contributed by atoms with Crippen LogP contribution < -0.4 is 5.32 Å². The van der Waals surface area contributed by atoms with Gasteiger partial charge in [-0.25, -0.2) is 4.79 Å². The van der Waals surface area contributed by atoms with Crippen LogP contribution in [0.5, 0.6) is 0 Å². The van der Waals surface area contributed by atoms with Gasteiger partial charge in [-0.15, -0.1) is 0 Å². The van der Waals surface area contributed by atoms with Gasteiger partial charge in [0.15, 0.2) is 0 Å². The second-order valence-electron chi connectivity index (χ2n) is 8.08. The fraction of sp³-hybridized carbons (Fsp3) is 0.500. The van der Waals surface area contributed by atoms with Crippen molar-refractivity contribution in [3.05, 3.63) is 51.3 Å². The van der Waals surface area contributed by atoms with Crippen molar-refractivity contribution < 1.29 is 14.6 Å². The van der Waals surface area contributed by atoms with Gasteiger partial charge in [0.1, 0.15) is 5.69 Å². The van der Waals surface area contributed by atoms with Gasteiger partial charge >= 0.3 is 5.97 Å². The van der Waals surface area contributed by atoms with E-state index in [-0.39, 0.29) is 23.1 Å². The van der Waals surface area contributed by atoms with Crippen LogP contribution in [-0.4, -0.2) is 40.6 Å². The molecule has 1 aromatic carbocycles. The molecule has 2 atom stereocenters. The predicted molar refractivity (Wildman–Crippen MR) is 109 cm³/mol. The fourth-order valence-electron chi connectivity index (χ4n) is 3.32. The van der Waals surface area contributed by atoms with Gasteiger partial charge in [0.2, 0.25) is 0 Å². The Morgan fingerprint density at radius 2 is 2.07 bits per heavy atom. The number of benzene rings is 1. The Kier molecular flexibility index (Phi) is 6.34. The maximum Gasteiger partial charge on any atom is 0.354 e. The van der Waals surface area contributed by atoms with E-state index in [0.29, 0.717) is 29.7 Å². The Bertz CT molecular complexity index is 861. The summed E-state index contributed by atoms with van der Waals surface area (Å²) in [4.78, 5) is 11.8. The van der Waals surface area contributed by atoms with E-state index in [1.165, 1.54) is 0 Å². The summed E-state index contributed by atoms with van der Waals surface area (Å²) < 4.78 is 7.67. The van der Waals surface area contributed by atoms with E-state index in [1.54, 1.807) is 16.8 Å². The number of nitrogens with one attached hydrogen (secondary N) is 1. The second kappa shape index (κ2) is 8.41. The van der Waals surface area contributed by atoms with Gasteiger partial charge in [-0.3, -0.25) is 4.68 Å². The Morgan fingerprint density at radius 3 is 2.71 bits per heavy atom. The molecule has 0 radical (unpaired) electrons. The molecule has 0 aliphatic carbocycles. The highest BCUT2D eigenvalue weighted by Crippen LogP contribution is 2.33. The van der Waals surface area contributed by atoms with E-state index in [4.69, 9.17) is 27.9 Å². The van der Waals surface area contributed by atoms with Crippen LogP contribution in [-0.2, 0) is 16.7 Å². The molecule has 2 unspecified atom stereocenters. The summed E-state index contributed by atoms with van der Waals surface area (Å²) >= 11 is 12.3. The van der Waals surface area contributed by atoms with E-state index >= 15 is 0 Å². The Labute approximate surface area is 174 Å². The molecule has 0 amide bonds. The number of hydrogen-bond donors (Lipinski definition) is 2. The number of halogens is 2. The molecule has 3 rings (SSSR count). The molecular weight excluding hydrogens is 401 g/mol. The summed E-state index contributed by atoms with van der Waals surface area (Å²) in [5.41, 5.74) is 1.61. The summed E-state index contributed by atoms with van der Waals surface area (Å²) in [5.74, 6) is -1.01. The van der Waals surface area contributed by atoms with Gasteiger partial charge in [-0.1, -0.05) is 50.0 Å². The van der Waals surface area contributed by atoms with Crippen molar-refractivity contribution in [3.8, 4) is 0 Å². The third kappa shape index (κ3) is 4.69. The van der Waals surface area contributed by atoms with Crippen molar-refractivity contribution in [3.63, 3.8) is 0 Å². The monoisotopic (exact) mass is 425 g/mol. The summed E-state index contributed by atoms with van der Waals surface area (Å²) in [5, 5.41) is 18.5. The lowest BCUT2D eigenvalue weighted by atomic mass is 9.92. The van der Waals surface area contributed by atoms with E-state index in [2.05, 4.69) is 10.4 Å². The van der Waals surface area contributed by atoms with Gasteiger partial charge < -0.3 is 15.2 Å². The van der Waals surface area contributed by atoms with E-state index in [0.717, 1.165) is 17.8 Å². The number of rotatable bonds is 4. The molecule has 8 heteroatoms. The number of aromatic carboxylic acids is 1. The summed E-state index contributed by atoms with van der Waals surface area (Å²) in [7, 11) is 0. The zero-order chi connectivity index (χ0) is 20.5. The Hall–Kier alpha value is -1.60. The largest absolute Gasteiger partial charge is 0.477 e. The van der Waals surface area contributed by atoms with Crippen molar-refractivity contribution in [1.82, 2.24) is 15.1 Å². The van der Waals surface area contributed by atoms with Crippen molar-refractivity contribution >= 4 is 29.2 Å². The highest BCUT2D eigenvalue weighted by molar-refractivity contribution is 6.42. The lowest BCUT2D eigenvalue weighted by Gasteiger charge is -2.26. The lowest BCUT2D eigenvalue weighted by Crippen LogP contribution is -2.29. The van der Waals surface area contributed by atoms with Crippen LogP contribution >= 0.6 is 23.2 Å². The number of hydrogen-bond acceptors (Lipinski definition) is 4. The van der Waals surface area contributed by atoms with Gasteiger partial charge in [-0.05, 0) is 23.8 Å². The van der Waals surface area contributed by atoms with Gasteiger partial charge in [-0.2, -0.15) is 5.10 Å². The first-order valence-electron chi connectivity index (χ1n) is 9.25. The van der Waals surface area contributed by atoms with Crippen LogP contribution in [0.1, 0.15) is 48.6 Å². The fourth-order valence-corrected chi connectivity index (χ4v) is 3.63. The van der Waals surface area contributed by atoms with Gasteiger partial charge in [0.25, 0.3) is 0 Å². The molecule has 2 N–H and O–H groups in total. The molecule has 28 heavy (non-hydrogen) atoms. The number of carboxylic acid groups (broad SMARTS) is 1. The molecule has 1 aromatic heterocycles. The lowest BCUT2D eigenvalue weighted by molar-refractivity contribution is 0.0236. The highest BCUT2D eigenvalue weighted by atomic mass is 35.5. The summed E-state index contributed by atoms with van der Waals surface area (Å²) in [6.07, 6.45) is -0.242. The number of aromatic nitrogens is 2. The molecule has 1 aliphatic heterocycles. The highest BCUT2D eigenvalue weighted by Gasteiger charge is 2.30. The third-order valence-electron chi connectivity index (χ3n) is 4.86. The third-order valence-corrected chi connectivity index (χ3v) is 5.60. The summed E-state index contributed by atoms with van der Waals surface area (Å²) in [6.45, 7) is 8.41. The minimum absolute atomic E-state index is 0.0226. The Balaban J connectivity index is 1.94. The van der Waals surface area contributed by atoms with Crippen LogP contribution in [0.25, 0.3) is 0 Å². The van der Waals surface area contributed by atoms with Crippen molar-refractivity contribution in [2.75, 3.05) is 19.7 Å². The minimum Gasteiger partial charge on any atom is -0.477 e. The van der Waals surface area contributed by atoms with Gasteiger partial charge in [0, 0.05) is 31.0 Å². The van der Waals surface area contributed by atoms with E-state index in [9.17, 15) is 9.90 Å². The number of nitrogens with zero attached hydrogens (tertiary/aromatic N) is 2. The van der Waals surface area contributed by atoms with Crippen LogP contribution in [0, 0.1) is 5.92 Å². The van der Waals surface area contributed by atoms with Crippen molar-refractivity contribution in [2.45, 2.75) is 38.8 Å². The molecule has 2 aromatic rings.